The van der Waals surface area contributed by atoms with Crippen LogP contribution in [0.4, 0.5) is 10.1 Å². The van der Waals surface area contributed by atoms with Crippen LogP contribution in [0.15, 0.2) is 18.2 Å². The zero-order valence-electron chi connectivity index (χ0n) is 9.63. The minimum atomic E-state index is -0.380. The van der Waals surface area contributed by atoms with E-state index in [9.17, 15) is 4.39 Å². The molecule has 0 radical (unpaired) electrons. The predicted octanol–water partition coefficient (Wildman–Crippen LogP) is 2.06. The summed E-state index contributed by atoms with van der Waals surface area (Å²) < 4.78 is 13.1. The maximum atomic E-state index is 13.1. The van der Waals surface area contributed by atoms with Crippen molar-refractivity contribution in [2.24, 2.45) is 0 Å². The molecule has 0 bridgehead atoms. The molecule has 0 unspecified atom stereocenters. The molecule has 1 aromatic rings. The van der Waals surface area contributed by atoms with Gasteiger partial charge in [-0.1, -0.05) is 0 Å². The molecule has 0 aliphatic carbocycles. The van der Waals surface area contributed by atoms with Crippen molar-refractivity contribution in [2.75, 3.05) is 32.5 Å². The molecule has 0 aliphatic rings. The Bertz CT molecular complexity index is 382. The molecule has 0 heterocycles. The molecule has 0 spiro atoms. The van der Waals surface area contributed by atoms with Gasteiger partial charge in [0.25, 0.3) is 0 Å². The molecule has 0 aliphatic heterocycles. The van der Waals surface area contributed by atoms with Gasteiger partial charge in [0.2, 0.25) is 0 Å². The maximum Gasteiger partial charge on any atom is 0.126 e. The van der Waals surface area contributed by atoms with Gasteiger partial charge in [0.05, 0.1) is 11.6 Å². The molecule has 16 heavy (non-hydrogen) atoms. The summed E-state index contributed by atoms with van der Waals surface area (Å²) in [7, 11) is 4.02. The van der Waals surface area contributed by atoms with Gasteiger partial charge in [0.15, 0.2) is 0 Å². The smallest absolute Gasteiger partial charge is 0.126 e. The summed E-state index contributed by atoms with van der Waals surface area (Å²) in [5.74, 6) is -0.380. The van der Waals surface area contributed by atoms with Crippen LogP contribution in [0.5, 0.6) is 0 Å². The molecule has 0 atom stereocenters. The summed E-state index contributed by atoms with van der Waals surface area (Å²) in [6.45, 7) is 1.75. The van der Waals surface area contributed by atoms with Gasteiger partial charge < -0.3 is 10.2 Å². The van der Waals surface area contributed by atoms with E-state index in [0.717, 1.165) is 19.5 Å². The normalized spacial score (nSPS) is 10.2. The molecule has 0 amide bonds. The lowest BCUT2D eigenvalue weighted by Gasteiger charge is -2.10. The van der Waals surface area contributed by atoms with Crippen molar-refractivity contribution in [2.45, 2.75) is 6.42 Å². The zero-order chi connectivity index (χ0) is 12.0. The van der Waals surface area contributed by atoms with Gasteiger partial charge in [0.1, 0.15) is 5.82 Å². The van der Waals surface area contributed by atoms with Crippen molar-refractivity contribution in [1.29, 1.82) is 5.26 Å². The highest BCUT2D eigenvalue weighted by Crippen LogP contribution is 2.13. The third kappa shape index (κ3) is 4.28. The second-order valence-corrected chi connectivity index (χ2v) is 3.92. The van der Waals surface area contributed by atoms with Crippen molar-refractivity contribution >= 4 is 5.69 Å². The zero-order valence-corrected chi connectivity index (χ0v) is 9.63. The number of halogens is 1. The van der Waals surface area contributed by atoms with Gasteiger partial charge in [-0.25, -0.2) is 4.39 Å². The van der Waals surface area contributed by atoms with E-state index in [1.807, 2.05) is 20.2 Å². The quantitative estimate of drug-likeness (QED) is 0.773. The Morgan fingerprint density at radius 3 is 2.75 bits per heavy atom. The van der Waals surface area contributed by atoms with Crippen LogP contribution in [0, 0.1) is 17.1 Å². The average molecular weight is 221 g/mol. The van der Waals surface area contributed by atoms with Crippen molar-refractivity contribution in [3.05, 3.63) is 29.6 Å². The molecular formula is C12H16FN3. The molecule has 1 N–H and O–H groups in total. The first-order chi connectivity index (χ1) is 7.61. The van der Waals surface area contributed by atoms with Gasteiger partial charge in [-0.05, 0) is 45.3 Å². The SMILES string of the molecule is CN(C)CCCNc1cc(F)cc(C#N)c1. The van der Waals surface area contributed by atoms with Crippen LogP contribution in [-0.2, 0) is 0 Å². The lowest BCUT2D eigenvalue weighted by atomic mass is 10.2. The van der Waals surface area contributed by atoms with Crippen molar-refractivity contribution in [3.63, 3.8) is 0 Å². The van der Waals surface area contributed by atoms with E-state index in [1.54, 1.807) is 6.07 Å². The fourth-order valence-corrected chi connectivity index (χ4v) is 1.38. The average Bonchev–Trinajstić information content (AvgIpc) is 2.23. The van der Waals surface area contributed by atoms with Gasteiger partial charge >= 0.3 is 0 Å². The van der Waals surface area contributed by atoms with Crippen LogP contribution >= 0.6 is 0 Å². The summed E-state index contributed by atoms with van der Waals surface area (Å²) >= 11 is 0. The largest absolute Gasteiger partial charge is 0.385 e. The van der Waals surface area contributed by atoms with Crippen LogP contribution in [-0.4, -0.2) is 32.1 Å². The Labute approximate surface area is 95.5 Å². The third-order valence-electron chi connectivity index (χ3n) is 2.14. The minimum absolute atomic E-state index is 0.343. The van der Waals surface area contributed by atoms with E-state index >= 15 is 0 Å². The Balaban J connectivity index is 2.48. The first-order valence-electron chi connectivity index (χ1n) is 5.21. The molecular weight excluding hydrogens is 205 g/mol. The topological polar surface area (TPSA) is 39.1 Å². The summed E-state index contributed by atoms with van der Waals surface area (Å²) in [6.07, 6.45) is 0.978. The van der Waals surface area contributed by atoms with E-state index < -0.39 is 0 Å². The summed E-state index contributed by atoms with van der Waals surface area (Å²) in [4.78, 5) is 2.09. The van der Waals surface area contributed by atoms with Gasteiger partial charge in [0, 0.05) is 12.2 Å². The summed E-state index contributed by atoms with van der Waals surface area (Å²) in [5, 5.41) is 11.8. The molecule has 0 aromatic heterocycles. The first-order valence-corrected chi connectivity index (χ1v) is 5.21. The standard InChI is InChI=1S/C12H16FN3/c1-16(2)5-3-4-15-12-7-10(9-14)6-11(13)8-12/h6-8,15H,3-5H2,1-2H3. The van der Waals surface area contributed by atoms with Crippen LogP contribution in [0.25, 0.3) is 0 Å². The lowest BCUT2D eigenvalue weighted by Crippen LogP contribution is -2.16. The second kappa shape index (κ2) is 6.09. The van der Waals surface area contributed by atoms with Crippen molar-refractivity contribution in [3.8, 4) is 6.07 Å². The summed E-state index contributed by atoms with van der Waals surface area (Å²) in [5.41, 5.74) is 1.01. The Morgan fingerprint density at radius 2 is 2.12 bits per heavy atom. The molecule has 1 rings (SSSR count). The number of hydrogen-bond donors (Lipinski definition) is 1. The van der Waals surface area contributed by atoms with E-state index in [2.05, 4.69) is 10.2 Å². The molecule has 3 nitrogen and oxygen atoms in total. The fourth-order valence-electron chi connectivity index (χ4n) is 1.38. The van der Waals surface area contributed by atoms with Crippen LogP contribution in [0.1, 0.15) is 12.0 Å². The number of nitrogens with zero attached hydrogens (tertiary/aromatic N) is 2. The minimum Gasteiger partial charge on any atom is -0.385 e. The van der Waals surface area contributed by atoms with Gasteiger partial charge in [-0.15, -0.1) is 0 Å². The Kier molecular flexibility index (Phi) is 4.74. The highest BCUT2D eigenvalue weighted by molar-refractivity contribution is 5.49. The number of nitriles is 1. The Hall–Kier alpha value is -1.60. The van der Waals surface area contributed by atoms with E-state index in [1.165, 1.54) is 12.1 Å². The first kappa shape index (κ1) is 12.5. The number of benzene rings is 1. The van der Waals surface area contributed by atoms with E-state index in [0.29, 0.717) is 11.3 Å². The summed E-state index contributed by atoms with van der Waals surface area (Å²) in [6, 6.07) is 6.21. The highest BCUT2D eigenvalue weighted by Gasteiger charge is 1.99. The molecule has 0 saturated heterocycles. The lowest BCUT2D eigenvalue weighted by molar-refractivity contribution is 0.405. The number of nitrogens with one attached hydrogen (secondary N) is 1. The second-order valence-electron chi connectivity index (χ2n) is 3.92. The maximum absolute atomic E-state index is 13.1. The molecule has 0 fully saturated rings. The van der Waals surface area contributed by atoms with Gasteiger partial charge in [-0.2, -0.15) is 5.26 Å². The van der Waals surface area contributed by atoms with E-state index in [4.69, 9.17) is 5.26 Å². The molecule has 0 saturated carbocycles. The predicted molar refractivity (Wildman–Crippen MR) is 62.8 cm³/mol. The van der Waals surface area contributed by atoms with Crippen molar-refractivity contribution in [1.82, 2.24) is 4.90 Å². The molecule has 4 heteroatoms. The van der Waals surface area contributed by atoms with Crippen LogP contribution < -0.4 is 5.32 Å². The monoisotopic (exact) mass is 221 g/mol. The number of anilines is 1. The fraction of sp³-hybridized carbons (Fsp3) is 0.417. The molecule has 1 aromatic carbocycles. The van der Waals surface area contributed by atoms with Crippen LogP contribution in [0.3, 0.4) is 0 Å². The van der Waals surface area contributed by atoms with E-state index in [-0.39, 0.29) is 5.82 Å². The molecule has 86 valence electrons. The van der Waals surface area contributed by atoms with Crippen LogP contribution in [0.2, 0.25) is 0 Å². The number of rotatable bonds is 5. The third-order valence-corrected chi connectivity index (χ3v) is 2.14. The van der Waals surface area contributed by atoms with Crippen molar-refractivity contribution < 1.29 is 4.39 Å². The van der Waals surface area contributed by atoms with Gasteiger partial charge in [-0.3, -0.25) is 0 Å². The Morgan fingerprint density at radius 1 is 1.38 bits per heavy atom. The highest BCUT2D eigenvalue weighted by atomic mass is 19.1. The number of hydrogen-bond acceptors (Lipinski definition) is 3.